The van der Waals surface area contributed by atoms with E-state index in [2.05, 4.69) is 5.32 Å². The van der Waals surface area contributed by atoms with Gasteiger partial charge in [0.05, 0.1) is 11.5 Å². The molecule has 1 saturated carbocycles. The van der Waals surface area contributed by atoms with Gasteiger partial charge in [0, 0.05) is 6.54 Å². The Bertz CT molecular complexity index is 458. The van der Waals surface area contributed by atoms with Crippen LogP contribution in [0.15, 0.2) is 30.3 Å². The predicted octanol–water partition coefficient (Wildman–Crippen LogP) is 2.63. The fourth-order valence-corrected chi connectivity index (χ4v) is 2.60. The van der Waals surface area contributed by atoms with E-state index in [1.165, 1.54) is 0 Å². The molecule has 1 unspecified atom stereocenters. The quantitative estimate of drug-likeness (QED) is 0.887. The van der Waals surface area contributed by atoms with Crippen LogP contribution in [-0.4, -0.2) is 23.7 Å². The van der Waals surface area contributed by atoms with E-state index in [1.54, 1.807) is 0 Å². The van der Waals surface area contributed by atoms with Gasteiger partial charge in [0.2, 0.25) is 5.91 Å². The first kappa shape index (κ1) is 15.0. The van der Waals surface area contributed by atoms with E-state index in [0.29, 0.717) is 6.54 Å². The summed E-state index contributed by atoms with van der Waals surface area (Å²) in [6.45, 7) is 6.23. The Labute approximate surface area is 121 Å². The number of hydrogen-bond donors (Lipinski definition) is 2. The number of carbonyl (C=O) groups is 1. The van der Waals surface area contributed by atoms with E-state index in [0.717, 1.165) is 24.8 Å². The third-order valence-corrected chi connectivity index (χ3v) is 4.42. The van der Waals surface area contributed by atoms with E-state index < -0.39 is 6.10 Å². The van der Waals surface area contributed by atoms with Crippen LogP contribution in [0.4, 0.5) is 0 Å². The molecule has 2 N–H and O–H groups in total. The second-order valence-corrected chi connectivity index (χ2v) is 6.89. The Morgan fingerprint density at radius 3 is 2.35 bits per heavy atom. The van der Waals surface area contributed by atoms with Crippen LogP contribution in [0.2, 0.25) is 0 Å². The molecule has 1 atom stereocenters. The molecule has 0 bridgehead atoms. The minimum atomic E-state index is -0.528. The Hall–Kier alpha value is -1.35. The molecular weight excluding hydrogens is 250 g/mol. The zero-order valence-corrected chi connectivity index (χ0v) is 12.6. The van der Waals surface area contributed by atoms with Crippen molar-refractivity contribution in [3.05, 3.63) is 35.9 Å². The molecule has 0 saturated heterocycles. The Kier molecular flexibility index (Phi) is 4.19. The highest BCUT2D eigenvalue weighted by Gasteiger charge is 2.45. The molecule has 110 valence electrons. The smallest absolute Gasteiger partial charge is 0.230 e. The van der Waals surface area contributed by atoms with Crippen LogP contribution in [0.25, 0.3) is 0 Å². The number of benzene rings is 1. The molecule has 1 aliphatic rings. The average molecular weight is 275 g/mol. The summed E-state index contributed by atoms with van der Waals surface area (Å²) in [7, 11) is 0. The van der Waals surface area contributed by atoms with Crippen molar-refractivity contribution < 1.29 is 9.90 Å². The minimum absolute atomic E-state index is 0.0539. The summed E-state index contributed by atoms with van der Waals surface area (Å²) in [5, 5.41) is 13.0. The molecule has 1 aromatic carbocycles. The second kappa shape index (κ2) is 5.57. The molecule has 0 spiro atoms. The molecule has 0 aromatic heterocycles. The van der Waals surface area contributed by atoms with E-state index >= 15 is 0 Å². The fraction of sp³-hybridized carbons (Fsp3) is 0.588. The lowest BCUT2D eigenvalue weighted by atomic mass is 9.64. The molecule has 1 aromatic rings. The maximum absolute atomic E-state index is 12.6. The van der Waals surface area contributed by atoms with Crippen molar-refractivity contribution in [3.8, 4) is 0 Å². The summed E-state index contributed by atoms with van der Waals surface area (Å²) < 4.78 is 0. The molecule has 1 fully saturated rings. The summed E-state index contributed by atoms with van der Waals surface area (Å²) >= 11 is 0. The Balaban J connectivity index is 2.04. The lowest BCUT2D eigenvalue weighted by Gasteiger charge is -2.41. The van der Waals surface area contributed by atoms with Crippen LogP contribution in [0, 0.1) is 5.41 Å². The normalized spacial score (nSPS) is 19.0. The summed E-state index contributed by atoms with van der Waals surface area (Å²) in [6.07, 6.45) is 2.35. The lowest BCUT2D eigenvalue weighted by molar-refractivity contribution is -0.130. The summed E-state index contributed by atoms with van der Waals surface area (Å²) in [5.74, 6) is 0.0539. The minimum Gasteiger partial charge on any atom is -0.391 e. The van der Waals surface area contributed by atoms with Gasteiger partial charge in [-0.3, -0.25) is 4.79 Å². The fourth-order valence-electron chi connectivity index (χ4n) is 2.60. The molecule has 0 aliphatic heterocycles. The molecule has 20 heavy (non-hydrogen) atoms. The third kappa shape index (κ3) is 2.88. The predicted molar refractivity (Wildman–Crippen MR) is 80.4 cm³/mol. The van der Waals surface area contributed by atoms with Crippen LogP contribution in [-0.2, 0) is 10.2 Å². The van der Waals surface area contributed by atoms with Gasteiger partial charge in [-0.2, -0.15) is 0 Å². The monoisotopic (exact) mass is 275 g/mol. The highest BCUT2D eigenvalue weighted by molar-refractivity contribution is 5.89. The first-order valence-corrected chi connectivity index (χ1v) is 7.38. The van der Waals surface area contributed by atoms with Crippen molar-refractivity contribution in [2.45, 2.75) is 51.6 Å². The van der Waals surface area contributed by atoms with Crippen LogP contribution < -0.4 is 5.32 Å². The molecule has 1 aliphatic carbocycles. The largest absolute Gasteiger partial charge is 0.391 e. The molecule has 0 radical (unpaired) electrons. The van der Waals surface area contributed by atoms with Crippen molar-refractivity contribution in [2.24, 2.45) is 5.41 Å². The Morgan fingerprint density at radius 2 is 1.90 bits per heavy atom. The van der Waals surface area contributed by atoms with Crippen LogP contribution in [0.1, 0.15) is 45.6 Å². The van der Waals surface area contributed by atoms with Crippen molar-refractivity contribution in [2.75, 3.05) is 6.54 Å². The van der Waals surface area contributed by atoms with E-state index in [1.807, 2.05) is 51.1 Å². The molecule has 1 amide bonds. The summed E-state index contributed by atoms with van der Waals surface area (Å²) in [5.41, 5.74) is 0.500. The highest BCUT2D eigenvalue weighted by Crippen LogP contribution is 2.43. The van der Waals surface area contributed by atoms with Gasteiger partial charge in [-0.25, -0.2) is 0 Å². The number of nitrogens with one attached hydrogen (secondary N) is 1. The zero-order valence-electron chi connectivity index (χ0n) is 12.6. The van der Waals surface area contributed by atoms with Gasteiger partial charge in [-0.05, 0) is 23.8 Å². The average Bonchev–Trinajstić information content (AvgIpc) is 2.34. The maximum Gasteiger partial charge on any atom is 0.230 e. The highest BCUT2D eigenvalue weighted by atomic mass is 16.3. The van der Waals surface area contributed by atoms with Crippen molar-refractivity contribution in [1.29, 1.82) is 0 Å². The zero-order chi connectivity index (χ0) is 14.8. The van der Waals surface area contributed by atoms with E-state index in [9.17, 15) is 9.90 Å². The first-order chi connectivity index (χ1) is 9.36. The van der Waals surface area contributed by atoms with Gasteiger partial charge in [-0.15, -0.1) is 0 Å². The van der Waals surface area contributed by atoms with Crippen molar-refractivity contribution in [1.82, 2.24) is 5.32 Å². The molecular formula is C17H25NO2. The van der Waals surface area contributed by atoms with Gasteiger partial charge in [-0.1, -0.05) is 57.5 Å². The Morgan fingerprint density at radius 1 is 1.30 bits per heavy atom. The number of aliphatic hydroxyl groups excluding tert-OH is 1. The van der Waals surface area contributed by atoms with Gasteiger partial charge in [0.15, 0.2) is 0 Å². The number of amides is 1. The third-order valence-electron chi connectivity index (χ3n) is 4.42. The lowest BCUT2D eigenvalue weighted by Crippen LogP contribution is -2.51. The summed E-state index contributed by atoms with van der Waals surface area (Å²) in [6, 6.07) is 9.98. The number of hydrogen-bond acceptors (Lipinski definition) is 2. The van der Waals surface area contributed by atoms with Crippen molar-refractivity contribution in [3.63, 3.8) is 0 Å². The molecule has 0 heterocycles. The van der Waals surface area contributed by atoms with Gasteiger partial charge in [0.1, 0.15) is 0 Å². The van der Waals surface area contributed by atoms with Gasteiger partial charge in [0.25, 0.3) is 0 Å². The topological polar surface area (TPSA) is 49.3 Å². The van der Waals surface area contributed by atoms with Crippen LogP contribution in [0.5, 0.6) is 0 Å². The molecule has 2 rings (SSSR count). The van der Waals surface area contributed by atoms with Crippen LogP contribution in [0.3, 0.4) is 0 Å². The second-order valence-electron chi connectivity index (χ2n) is 6.89. The maximum atomic E-state index is 12.6. The van der Waals surface area contributed by atoms with E-state index in [-0.39, 0.29) is 16.7 Å². The SMILES string of the molecule is CC(C)(C)C(O)CNC(=O)C1(c2ccccc2)CCC1. The van der Waals surface area contributed by atoms with Crippen LogP contribution >= 0.6 is 0 Å². The van der Waals surface area contributed by atoms with Gasteiger partial charge >= 0.3 is 0 Å². The van der Waals surface area contributed by atoms with E-state index in [4.69, 9.17) is 0 Å². The molecule has 3 nitrogen and oxygen atoms in total. The molecule has 3 heteroatoms. The summed E-state index contributed by atoms with van der Waals surface area (Å²) in [4.78, 5) is 12.6. The number of carbonyl (C=O) groups excluding carboxylic acids is 1. The van der Waals surface area contributed by atoms with Gasteiger partial charge < -0.3 is 10.4 Å². The number of rotatable bonds is 4. The standard InChI is InChI=1S/C17H25NO2/c1-16(2,3)14(19)12-18-15(20)17(10-7-11-17)13-8-5-4-6-9-13/h4-6,8-9,14,19H,7,10-12H2,1-3H3,(H,18,20). The van der Waals surface area contributed by atoms with Crippen molar-refractivity contribution >= 4 is 5.91 Å². The number of aliphatic hydroxyl groups is 1. The first-order valence-electron chi connectivity index (χ1n) is 7.38.